The summed E-state index contributed by atoms with van der Waals surface area (Å²) >= 11 is 1.76. The van der Waals surface area contributed by atoms with E-state index in [4.69, 9.17) is 4.74 Å². The molecule has 0 saturated heterocycles. The fraction of sp³-hybridized carbons (Fsp3) is 0.333. The van der Waals surface area contributed by atoms with Crippen LogP contribution in [-0.4, -0.2) is 25.0 Å². The van der Waals surface area contributed by atoms with Crippen molar-refractivity contribution in [2.24, 2.45) is 0 Å². The maximum atomic E-state index is 6.31. The fourth-order valence-corrected chi connectivity index (χ4v) is 4.58. The number of ether oxygens (including phenoxy) is 1. The summed E-state index contributed by atoms with van der Waals surface area (Å²) in [5, 5.41) is 5.34. The van der Waals surface area contributed by atoms with Gasteiger partial charge in [-0.3, -0.25) is 4.90 Å². The number of nitrogens with zero attached hydrogens (tertiary/aromatic N) is 1. The van der Waals surface area contributed by atoms with Crippen LogP contribution in [0.25, 0.3) is 0 Å². The molecular formula is C24H28N2OS. The number of benzene rings is 2. The van der Waals surface area contributed by atoms with Gasteiger partial charge in [-0.25, -0.2) is 0 Å². The summed E-state index contributed by atoms with van der Waals surface area (Å²) in [5.74, 6) is 0.947. The van der Waals surface area contributed by atoms with Crippen molar-refractivity contribution in [3.8, 4) is 5.75 Å². The Labute approximate surface area is 172 Å². The highest BCUT2D eigenvalue weighted by atomic mass is 32.1. The molecule has 0 bridgehead atoms. The molecule has 0 spiro atoms. The first-order valence-electron chi connectivity index (χ1n) is 10.0. The molecule has 1 atom stereocenters. The lowest BCUT2D eigenvalue weighted by molar-refractivity contribution is 0.198. The normalized spacial score (nSPS) is 15.2. The molecule has 0 aliphatic carbocycles. The summed E-state index contributed by atoms with van der Waals surface area (Å²) in [5.41, 5.74) is 4.32. The Morgan fingerprint density at radius 2 is 1.86 bits per heavy atom. The Bertz CT molecular complexity index is 861. The second kappa shape index (κ2) is 9.37. The minimum atomic E-state index is 0.108. The Hall–Kier alpha value is -2.14. The number of nitrogens with one attached hydrogen (secondary N) is 1. The molecular weight excluding hydrogens is 364 g/mol. The van der Waals surface area contributed by atoms with E-state index in [0.29, 0.717) is 0 Å². The van der Waals surface area contributed by atoms with Gasteiger partial charge in [-0.2, -0.15) is 0 Å². The molecule has 1 N–H and O–H groups in total. The van der Waals surface area contributed by atoms with Crippen LogP contribution in [-0.2, 0) is 19.5 Å². The molecule has 146 valence electrons. The molecule has 3 nitrogen and oxygen atoms in total. The standard InChI is InChI=1S/C24H28N2OS/c1-25-14-12-23(24-7-4-16-28-24)27-22-10-8-19(9-11-22)17-26-15-13-20-5-2-3-6-21(20)18-26/h2-11,16,23,25H,12-15,17-18H2,1H3/t23-/m0/s1. The van der Waals surface area contributed by atoms with Crippen molar-refractivity contribution in [2.45, 2.75) is 32.0 Å². The third-order valence-electron chi connectivity index (χ3n) is 5.33. The summed E-state index contributed by atoms with van der Waals surface area (Å²) in [6, 6.07) is 21.7. The molecule has 0 saturated carbocycles. The zero-order chi connectivity index (χ0) is 19.2. The minimum Gasteiger partial charge on any atom is -0.485 e. The van der Waals surface area contributed by atoms with Gasteiger partial charge in [0.15, 0.2) is 0 Å². The van der Waals surface area contributed by atoms with Crippen molar-refractivity contribution in [1.82, 2.24) is 10.2 Å². The molecule has 4 rings (SSSR count). The van der Waals surface area contributed by atoms with Gasteiger partial charge in [-0.1, -0.05) is 42.5 Å². The van der Waals surface area contributed by atoms with Gasteiger partial charge in [0, 0.05) is 30.9 Å². The van der Waals surface area contributed by atoms with Gasteiger partial charge in [0.05, 0.1) is 0 Å². The molecule has 1 aliphatic rings. The van der Waals surface area contributed by atoms with E-state index in [0.717, 1.165) is 44.8 Å². The quantitative estimate of drug-likeness (QED) is 0.581. The number of fused-ring (bicyclic) bond motifs is 1. The molecule has 0 fully saturated rings. The first-order chi connectivity index (χ1) is 13.8. The maximum Gasteiger partial charge on any atom is 0.134 e. The molecule has 1 aliphatic heterocycles. The predicted molar refractivity (Wildman–Crippen MR) is 117 cm³/mol. The van der Waals surface area contributed by atoms with E-state index < -0.39 is 0 Å². The second-order valence-electron chi connectivity index (χ2n) is 7.39. The van der Waals surface area contributed by atoms with Gasteiger partial charge < -0.3 is 10.1 Å². The lowest BCUT2D eigenvalue weighted by atomic mass is 9.99. The number of hydrogen-bond acceptors (Lipinski definition) is 4. The highest BCUT2D eigenvalue weighted by molar-refractivity contribution is 7.10. The minimum absolute atomic E-state index is 0.108. The molecule has 2 heterocycles. The fourth-order valence-electron chi connectivity index (χ4n) is 3.79. The van der Waals surface area contributed by atoms with E-state index in [2.05, 4.69) is 76.3 Å². The van der Waals surface area contributed by atoms with Gasteiger partial charge in [0.1, 0.15) is 11.9 Å². The van der Waals surface area contributed by atoms with E-state index in [1.807, 2.05) is 7.05 Å². The molecule has 0 unspecified atom stereocenters. The SMILES string of the molecule is CNCC[C@H](Oc1ccc(CN2CCc3ccccc3C2)cc1)c1cccs1. The molecule has 0 radical (unpaired) electrons. The average molecular weight is 393 g/mol. The highest BCUT2D eigenvalue weighted by Crippen LogP contribution is 2.28. The first kappa shape index (κ1) is 19.2. The zero-order valence-corrected chi connectivity index (χ0v) is 17.3. The predicted octanol–water partition coefficient (Wildman–Crippen LogP) is 5.04. The average Bonchev–Trinajstić information content (AvgIpc) is 3.27. The van der Waals surface area contributed by atoms with E-state index >= 15 is 0 Å². The van der Waals surface area contributed by atoms with Crippen LogP contribution < -0.4 is 10.1 Å². The van der Waals surface area contributed by atoms with E-state index in [1.54, 1.807) is 11.3 Å². The topological polar surface area (TPSA) is 24.5 Å². The van der Waals surface area contributed by atoms with Gasteiger partial charge >= 0.3 is 0 Å². The smallest absolute Gasteiger partial charge is 0.134 e. The molecule has 0 amide bonds. The van der Waals surface area contributed by atoms with Gasteiger partial charge in [-0.05, 0) is 60.3 Å². The summed E-state index contributed by atoms with van der Waals surface area (Å²) in [7, 11) is 1.99. The van der Waals surface area contributed by atoms with E-state index in [9.17, 15) is 0 Å². The molecule has 3 aromatic rings. The van der Waals surface area contributed by atoms with Crippen molar-refractivity contribution >= 4 is 11.3 Å². The van der Waals surface area contributed by atoms with Gasteiger partial charge in [0.2, 0.25) is 0 Å². The summed E-state index contributed by atoms with van der Waals surface area (Å²) in [4.78, 5) is 3.81. The van der Waals surface area contributed by atoms with Crippen LogP contribution in [0.1, 0.15) is 34.1 Å². The third-order valence-corrected chi connectivity index (χ3v) is 6.30. The van der Waals surface area contributed by atoms with Crippen LogP contribution in [0.15, 0.2) is 66.0 Å². The third kappa shape index (κ3) is 4.82. The summed E-state index contributed by atoms with van der Waals surface area (Å²) < 4.78 is 6.31. The Morgan fingerprint density at radius 1 is 1.04 bits per heavy atom. The van der Waals surface area contributed by atoms with Crippen molar-refractivity contribution in [3.63, 3.8) is 0 Å². The van der Waals surface area contributed by atoms with Crippen LogP contribution in [0.5, 0.6) is 5.75 Å². The van der Waals surface area contributed by atoms with Gasteiger partial charge in [-0.15, -0.1) is 11.3 Å². The number of thiophene rings is 1. The second-order valence-corrected chi connectivity index (χ2v) is 8.37. The van der Waals surface area contributed by atoms with Crippen molar-refractivity contribution in [2.75, 3.05) is 20.1 Å². The zero-order valence-electron chi connectivity index (χ0n) is 16.4. The van der Waals surface area contributed by atoms with Crippen LogP contribution in [0.2, 0.25) is 0 Å². The molecule has 2 aromatic carbocycles. The number of hydrogen-bond donors (Lipinski definition) is 1. The first-order valence-corrected chi connectivity index (χ1v) is 10.9. The maximum absolute atomic E-state index is 6.31. The van der Waals surface area contributed by atoms with Crippen LogP contribution in [0.4, 0.5) is 0 Å². The van der Waals surface area contributed by atoms with E-state index in [1.165, 1.54) is 21.6 Å². The monoisotopic (exact) mass is 392 g/mol. The highest BCUT2D eigenvalue weighted by Gasteiger charge is 2.17. The van der Waals surface area contributed by atoms with Crippen LogP contribution >= 0.6 is 11.3 Å². The Kier molecular flexibility index (Phi) is 6.42. The summed E-state index contributed by atoms with van der Waals surface area (Å²) in [6.07, 6.45) is 2.22. The van der Waals surface area contributed by atoms with Crippen molar-refractivity contribution in [1.29, 1.82) is 0 Å². The van der Waals surface area contributed by atoms with E-state index in [-0.39, 0.29) is 6.10 Å². The molecule has 1 aromatic heterocycles. The Morgan fingerprint density at radius 3 is 2.61 bits per heavy atom. The lowest BCUT2D eigenvalue weighted by Crippen LogP contribution is -2.29. The molecule has 28 heavy (non-hydrogen) atoms. The van der Waals surface area contributed by atoms with Gasteiger partial charge in [0.25, 0.3) is 0 Å². The number of rotatable bonds is 8. The Balaban J connectivity index is 1.37. The van der Waals surface area contributed by atoms with Crippen molar-refractivity contribution < 1.29 is 4.74 Å². The van der Waals surface area contributed by atoms with Crippen LogP contribution in [0.3, 0.4) is 0 Å². The lowest BCUT2D eigenvalue weighted by Gasteiger charge is -2.28. The van der Waals surface area contributed by atoms with Crippen LogP contribution in [0, 0.1) is 0 Å². The van der Waals surface area contributed by atoms with Crippen molar-refractivity contribution in [3.05, 3.63) is 87.6 Å². The summed E-state index contributed by atoms with van der Waals surface area (Å²) in [6.45, 7) is 4.10. The molecule has 4 heteroatoms. The largest absolute Gasteiger partial charge is 0.485 e.